The second kappa shape index (κ2) is 12.2. The summed E-state index contributed by atoms with van der Waals surface area (Å²) in [6, 6.07) is 8.28. The van der Waals surface area contributed by atoms with Crippen LogP contribution in [0.5, 0.6) is 0 Å². The molecule has 37 heavy (non-hydrogen) atoms. The van der Waals surface area contributed by atoms with E-state index in [-0.39, 0.29) is 17.6 Å². The van der Waals surface area contributed by atoms with Gasteiger partial charge in [-0.15, -0.1) is 0 Å². The van der Waals surface area contributed by atoms with E-state index in [4.69, 9.17) is 11.6 Å². The lowest BCUT2D eigenvalue weighted by Crippen LogP contribution is -2.52. The number of benzene rings is 2. The molecule has 0 bridgehead atoms. The fourth-order valence-corrected chi connectivity index (χ4v) is 4.65. The van der Waals surface area contributed by atoms with Crippen molar-refractivity contribution in [3.8, 4) is 0 Å². The largest absolute Gasteiger partial charge is 0.416 e. The van der Waals surface area contributed by atoms with Crippen LogP contribution in [0, 0.1) is 6.92 Å². The lowest BCUT2D eigenvalue weighted by molar-refractivity contribution is -0.139. The van der Waals surface area contributed by atoms with E-state index in [0.29, 0.717) is 22.4 Å². The number of hydrogen-bond donors (Lipinski definition) is 1. The maximum Gasteiger partial charge on any atom is 0.416 e. The van der Waals surface area contributed by atoms with E-state index in [1.807, 2.05) is 26.0 Å². The number of alkyl halides is 3. The SMILES string of the molecule is CC[C@@H](C)NC(=O)[C@@H](C)N(Cc1cccc(C)c1)C(=O)CN(c1cc(C(F)(F)F)ccc1Cl)S(C)(=O)=O. The smallest absolute Gasteiger partial charge is 0.352 e. The Labute approximate surface area is 220 Å². The summed E-state index contributed by atoms with van der Waals surface area (Å²) in [5, 5.41) is 2.52. The maximum atomic E-state index is 13.5. The highest BCUT2D eigenvalue weighted by molar-refractivity contribution is 7.92. The first-order valence-electron chi connectivity index (χ1n) is 11.5. The van der Waals surface area contributed by atoms with Crippen LogP contribution in [0.4, 0.5) is 18.9 Å². The van der Waals surface area contributed by atoms with Crippen LogP contribution in [0.2, 0.25) is 5.02 Å². The Morgan fingerprint density at radius 2 is 1.76 bits per heavy atom. The van der Waals surface area contributed by atoms with Crippen LogP contribution in [0.1, 0.15) is 43.9 Å². The zero-order valence-corrected chi connectivity index (χ0v) is 22.8. The molecule has 204 valence electrons. The average Bonchev–Trinajstić information content (AvgIpc) is 2.79. The Kier molecular flexibility index (Phi) is 10.0. The molecule has 12 heteroatoms. The molecule has 0 aliphatic carbocycles. The van der Waals surface area contributed by atoms with Gasteiger partial charge in [-0.2, -0.15) is 13.2 Å². The maximum absolute atomic E-state index is 13.5. The fraction of sp³-hybridized carbons (Fsp3) is 0.440. The summed E-state index contributed by atoms with van der Waals surface area (Å²) in [5.41, 5.74) is 0.000127. The Balaban J connectivity index is 2.50. The molecule has 1 N–H and O–H groups in total. The number of halogens is 4. The van der Waals surface area contributed by atoms with Gasteiger partial charge in [0.15, 0.2) is 0 Å². The number of sulfonamides is 1. The molecule has 0 saturated heterocycles. The Morgan fingerprint density at radius 3 is 2.30 bits per heavy atom. The van der Waals surface area contributed by atoms with Crippen molar-refractivity contribution < 1.29 is 31.2 Å². The van der Waals surface area contributed by atoms with E-state index >= 15 is 0 Å². The van der Waals surface area contributed by atoms with Crippen molar-refractivity contribution >= 4 is 39.1 Å². The summed E-state index contributed by atoms with van der Waals surface area (Å²) in [7, 11) is -4.25. The number of nitrogens with zero attached hydrogens (tertiary/aromatic N) is 2. The number of nitrogens with one attached hydrogen (secondary N) is 1. The second-order valence-electron chi connectivity index (χ2n) is 8.94. The van der Waals surface area contributed by atoms with Gasteiger partial charge < -0.3 is 10.2 Å². The monoisotopic (exact) mass is 561 g/mol. The molecule has 0 aromatic heterocycles. The number of carbonyl (C=O) groups excluding carboxylic acids is 2. The molecule has 0 spiro atoms. The van der Waals surface area contributed by atoms with Crippen molar-refractivity contribution in [3.05, 3.63) is 64.2 Å². The van der Waals surface area contributed by atoms with E-state index in [1.165, 1.54) is 11.8 Å². The molecule has 2 aromatic rings. The van der Waals surface area contributed by atoms with Crippen LogP contribution in [0.15, 0.2) is 42.5 Å². The minimum absolute atomic E-state index is 0.0243. The molecule has 0 unspecified atom stereocenters. The van der Waals surface area contributed by atoms with E-state index in [2.05, 4.69) is 5.32 Å². The summed E-state index contributed by atoms with van der Waals surface area (Å²) in [4.78, 5) is 27.6. The molecule has 0 aliphatic heterocycles. The molecule has 0 fully saturated rings. The van der Waals surface area contributed by atoms with Gasteiger partial charge in [0.2, 0.25) is 21.8 Å². The molecule has 0 radical (unpaired) electrons. The standard InChI is InChI=1S/C25H31ClF3N3O4S/c1-6-17(3)30-24(34)18(4)31(14-19-9-7-8-16(2)12-19)23(33)15-32(37(5,35)36)22-13-20(25(27,28)29)10-11-21(22)26/h7-13,17-18H,6,14-15H2,1-5H3,(H,30,34)/t17-,18-/m1/s1. The van der Waals surface area contributed by atoms with Gasteiger partial charge in [0.25, 0.3) is 0 Å². The number of amides is 2. The average molecular weight is 562 g/mol. The molecule has 7 nitrogen and oxygen atoms in total. The summed E-state index contributed by atoms with van der Waals surface area (Å²) in [6.45, 7) is 6.17. The highest BCUT2D eigenvalue weighted by Gasteiger charge is 2.34. The van der Waals surface area contributed by atoms with Crippen LogP contribution >= 0.6 is 11.6 Å². The Morgan fingerprint density at radius 1 is 1.11 bits per heavy atom. The van der Waals surface area contributed by atoms with Gasteiger partial charge in [0.05, 0.1) is 22.5 Å². The van der Waals surface area contributed by atoms with Gasteiger partial charge in [-0.25, -0.2) is 8.42 Å². The molecular formula is C25H31ClF3N3O4S. The number of hydrogen-bond acceptors (Lipinski definition) is 4. The molecule has 0 aliphatic rings. The van der Waals surface area contributed by atoms with Crippen LogP contribution in [0.3, 0.4) is 0 Å². The van der Waals surface area contributed by atoms with Gasteiger partial charge in [-0.3, -0.25) is 13.9 Å². The van der Waals surface area contributed by atoms with Gasteiger partial charge in [0.1, 0.15) is 12.6 Å². The predicted molar refractivity (Wildman–Crippen MR) is 138 cm³/mol. The van der Waals surface area contributed by atoms with Crippen molar-refractivity contribution in [3.63, 3.8) is 0 Å². The molecule has 2 rings (SSSR count). The predicted octanol–water partition coefficient (Wildman–Crippen LogP) is 4.77. The Hall–Kier alpha value is -2.79. The molecule has 0 heterocycles. The second-order valence-corrected chi connectivity index (χ2v) is 11.3. The zero-order valence-electron chi connectivity index (χ0n) is 21.3. The van der Waals surface area contributed by atoms with E-state index in [0.717, 1.165) is 24.0 Å². The van der Waals surface area contributed by atoms with Crippen molar-refractivity contribution in [2.45, 2.75) is 58.9 Å². The lowest BCUT2D eigenvalue weighted by atomic mass is 10.1. The minimum atomic E-state index is -4.76. The number of carbonyl (C=O) groups is 2. The van der Waals surface area contributed by atoms with Crippen molar-refractivity contribution in [1.29, 1.82) is 0 Å². The minimum Gasteiger partial charge on any atom is -0.352 e. The number of anilines is 1. The normalized spacial score (nSPS) is 13.5. The van der Waals surface area contributed by atoms with E-state index < -0.39 is 51.9 Å². The van der Waals surface area contributed by atoms with E-state index in [1.54, 1.807) is 19.1 Å². The first-order valence-corrected chi connectivity index (χ1v) is 13.8. The van der Waals surface area contributed by atoms with Crippen molar-refractivity contribution in [2.75, 3.05) is 17.1 Å². The third-order valence-corrected chi connectivity index (χ3v) is 7.27. The highest BCUT2D eigenvalue weighted by Crippen LogP contribution is 2.36. The Bertz CT molecular complexity index is 1240. The molecule has 2 aromatic carbocycles. The summed E-state index contributed by atoms with van der Waals surface area (Å²) in [5.74, 6) is -1.23. The molecular weight excluding hydrogens is 531 g/mol. The third kappa shape index (κ3) is 8.36. The topological polar surface area (TPSA) is 86.8 Å². The van der Waals surface area contributed by atoms with Gasteiger partial charge in [-0.05, 0) is 51.0 Å². The van der Waals surface area contributed by atoms with Gasteiger partial charge in [-0.1, -0.05) is 48.4 Å². The van der Waals surface area contributed by atoms with Gasteiger partial charge >= 0.3 is 6.18 Å². The molecule has 2 amide bonds. The van der Waals surface area contributed by atoms with Crippen LogP contribution in [0.25, 0.3) is 0 Å². The quantitative estimate of drug-likeness (QED) is 0.453. The summed E-state index contributed by atoms with van der Waals surface area (Å²) in [6.07, 6.45) is -3.34. The van der Waals surface area contributed by atoms with Crippen LogP contribution in [-0.4, -0.2) is 50.0 Å². The van der Waals surface area contributed by atoms with E-state index in [9.17, 15) is 31.2 Å². The fourth-order valence-electron chi connectivity index (χ4n) is 3.53. The van der Waals surface area contributed by atoms with Crippen molar-refractivity contribution in [2.24, 2.45) is 0 Å². The number of rotatable bonds is 10. The molecule has 2 atom stereocenters. The van der Waals surface area contributed by atoms with Crippen LogP contribution in [-0.2, 0) is 32.3 Å². The zero-order chi connectivity index (χ0) is 28.1. The highest BCUT2D eigenvalue weighted by atomic mass is 35.5. The summed E-state index contributed by atoms with van der Waals surface area (Å²) < 4.78 is 65.8. The van der Waals surface area contributed by atoms with Gasteiger partial charge in [0, 0.05) is 12.6 Å². The third-order valence-electron chi connectivity index (χ3n) is 5.83. The van der Waals surface area contributed by atoms with Crippen LogP contribution < -0.4 is 9.62 Å². The first kappa shape index (κ1) is 30.4. The first-order chi connectivity index (χ1) is 17.0. The summed E-state index contributed by atoms with van der Waals surface area (Å²) >= 11 is 6.08. The lowest BCUT2D eigenvalue weighted by Gasteiger charge is -2.32. The number of aryl methyl sites for hydroxylation is 1. The molecule has 0 saturated carbocycles. The van der Waals surface area contributed by atoms with Crippen molar-refractivity contribution in [1.82, 2.24) is 10.2 Å².